The lowest BCUT2D eigenvalue weighted by Crippen LogP contribution is -2.23. The van der Waals surface area contributed by atoms with Gasteiger partial charge in [-0.15, -0.1) is 0 Å². The summed E-state index contributed by atoms with van der Waals surface area (Å²) in [5, 5.41) is 20.0. The number of nitrogens with zero attached hydrogens (tertiary/aromatic N) is 2. The van der Waals surface area contributed by atoms with Crippen LogP contribution in [-0.4, -0.2) is 23.4 Å². The van der Waals surface area contributed by atoms with E-state index in [9.17, 15) is 23.6 Å². The number of aromatic hydroxyl groups is 1. The molecule has 0 spiro atoms. The molecule has 0 saturated heterocycles. The summed E-state index contributed by atoms with van der Waals surface area (Å²) in [5.41, 5.74) is 0.0311. The number of hydrogen-bond donors (Lipinski definition) is 2. The van der Waals surface area contributed by atoms with Crippen molar-refractivity contribution in [2.24, 2.45) is 0 Å². The zero-order chi connectivity index (χ0) is 15.5. The van der Waals surface area contributed by atoms with Gasteiger partial charge in [-0.1, -0.05) is 0 Å². The molecule has 0 aliphatic heterocycles. The Hall–Kier alpha value is -2.52. The summed E-state index contributed by atoms with van der Waals surface area (Å²) in [6.07, 6.45) is 3.05. The Balaban J connectivity index is 2.24. The standard InChI is InChI=1S/C12H11N3O5S/c16-12-2-1-10(7-11(12)15(17)18)21(19,20)14-8-9-3-5-13-6-4-9/h1-7,14,16H,8H2. The van der Waals surface area contributed by atoms with Crippen LogP contribution in [0.3, 0.4) is 0 Å². The van der Waals surface area contributed by atoms with E-state index in [1.165, 1.54) is 12.4 Å². The molecule has 1 aromatic carbocycles. The molecule has 0 saturated carbocycles. The molecule has 0 bridgehead atoms. The molecular weight excluding hydrogens is 298 g/mol. The summed E-state index contributed by atoms with van der Waals surface area (Å²) in [5.74, 6) is -0.590. The van der Waals surface area contributed by atoms with E-state index in [1.54, 1.807) is 12.1 Å². The highest BCUT2D eigenvalue weighted by molar-refractivity contribution is 7.89. The van der Waals surface area contributed by atoms with Gasteiger partial charge in [-0.2, -0.15) is 0 Å². The first-order chi connectivity index (χ1) is 9.90. The largest absolute Gasteiger partial charge is 0.502 e. The average Bonchev–Trinajstić information content (AvgIpc) is 2.46. The zero-order valence-corrected chi connectivity index (χ0v) is 11.4. The number of pyridine rings is 1. The number of rotatable bonds is 5. The second kappa shape index (κ2) is 5.85. The van der Waals surface area contributed by atoms with Crippen LogP contribution in [0.25, 0.3) is 0 Å². The molecule has 0 radical (unpaired) electrons. The molecule has 8 nitrogen and oxygen atoms in total. The van der Waals surface area contributed by atoms with Crippen LogP contribution >= 0.6 is 0 Å². The van der Waals surface area contributed by atoms with Gasteiger partial charge < -0.3 is 5.11 Å². The van der Waals surface area contributed by atoms with Crippen LogP contribution < -0.4 is 4.72 Å². The number of aromatic nitrogens is 1. The number of nitro benzene ring substituents is 1. The monoisotopic (exact) mass is 309 g/mol. The highest BCUT2D eigenvalue weighted by Gasteiger charge is 2.20. The van der Waals surface area contributed by atoms with Crippen LogP contribution in [0.15, 0.2) is 47.6 Å². The molecule has 1 heterocycles. The minimum atomic E-state index is -3.92. The molecule has 2 N–H and O–H groups in total. The number of phenols is 1. The molecule has 0 aliphatic rings. The Morgan fingerprint density at radius 3 is 2.52 bits per heavy atom. The Morgan fingerprint density at radius 2 is 1.90 bits per heavy atom. The lowest BCUT2D eigenvalue weighted by atomic mass is 10.3. The number of sulfonamides is 1. The van der Waals surface area contributed by atoms with Crippen LogP contribution in [0.2, 0.25) is 0 Å². The summed E-state index contributed by atoms with van der Waals surface area (Å²) in [7, 11) is -3.92. The van der Waals surface area contributed by atoms with Gasteiger partial charge in [0.15, 0.2) is 5.75 Å². The van der Waals surface area contributed by atoms with Crippen LogP contribution in [0.4, 0.5) is 5.69 Å². The molecule has 9 heteroatoms. The summed E-state index contributed by atoms with van der Waals surface area (Å²) in [6, 6.07) is 6.16. The van der Waals surface area contributed by atoms with Gasteiger partial charge in [-0.05, 0) is 29.8 Å². The van der Waals surface area contributed by atoms with Crippen LogP contribution in [0.5, 0.6) is 5.75 Å². The molecular formula is C12H11N3O5S. The Kier molecular flexibility index (Phi) is 4.15. The number of hydrogen-bond acceptors (Lipinski definition) is 6. The molecule has 110 valence electrons. The van der Waals surface area contributed by atoms with Crippen molar-refractivity contribution in [1.82, 2.24) is 9.71 Å². The van der Waals surface area contributed by atoms with Gasteiger partial charge in [0.2, 0.25) is 10.0 Å². The van der Waals surface area contributed by atoms with E-state index in [-0.39, 0.29) is 11.4 Å². The van der Waals surface area contributed by atoms with Crippen LogP contribution in [0, 0.1) is 10.1 Å². The van der Waals surface area contributed by atoms with Gasteiger partial charge in [0, 0.05) is 25.0 Å². The van der Waals surface area contributed by atoms with Crippen molar-refractivity contribution < 1.29 is 18.4 Å². The van der Waals surface area contributed by atoms with Gasteiger partial charge in [-0.3, -0.25) is 15.1 Å². The van der Waals surface area contributed by atoms with Crippen molar-refractivity contribution in [2.75, 3.05) is 0 Å². The first kappa shape index (κ1) is 14.9. The van der Waals surface area contributed by atoms with Crippen molar-refractivity contribution in [2.45, 2.75) is 11.4 Å². The van der Waals surface area contributed by atoms with E-state index in [2.05, 4.69) is 9.71 Å². The topological polar surface area (TPSA) is 122 Å². The summed E-state index contributed by atoms with van der Waals surface area (Å²) < 4.78 is 26.4. The Bertz CT molecular complexity index is 762. The van der Waals surface area contributed by atoms with E-state index in [4.69, 9.17) is 0 Å². The predicted octanol–water partition coefficient (Wildman–Crippen LogP) is 1.17. The van der Waals surface area contributed by atoms with Gasteiger partial charge in [0.1, 0.15) is 0 Å². The van der Waals surface area contributed by atoms with Crippen molar-refractivity contribution in [3.63, 3.8) is 0 Å². The maximum Gasteiger partial charge on any atom is 0.312 e. The Labute approximate surface area is 120 Å². The highest BCUT2D eigenvalue weighted by atomic mass is 32.2. The summed E-state index contributed by atoms with van der Waals surface area (Å²) >= 11 is 0. The van der Waals surface area contributed by atoms with Gasteiger partial charge in [0.05, 0.1) is 9.82 Å². The molecule has 2 rings (SSSR count). The fourth-order valence-corrected chi connectivity index (χ4v) is 2.62. The van der Waals surface area contributed by atoms with E-state index < -0.39 is 26.4 Å². The molecule has 0 aliphatic carbocycles. The third-order valence-electron chi connectivity index (χ3n) is 2.67. The first-order valence-corrected chi connectivity index (χ1v) is 7.24. The van der Waals surface area contributed by atoms with E-state index in [1.807, 2.05) is 0 Å². The lowest BCUT2D eigenvalue weighted by Gasteiger charge is -2.07. The third kappa shape index (κ3) is 3.52. The van der Waals surface area contributed by atoms with Crippen molar-refractivity contribution in [3.05, 3.63) is 58.4 Å². The molecule has 0 fully saturated rings. The molecule has 0 amide bonds. The van der Waals surface area contributed by atoms with Crippen molar-refractivity contribution >= 4 is 15.7 Å². The number of nitro groups is 1. The normalized spacial score (nSPS) is 11.2. The number of benzene rings is 1. The minimum absolute atomic E-state index is 0.0273. The van der Waals surface area contributed by atoms with Gasteiger partial charge in [-0.25, -0.2) is 13.1 Å². The SMILES string of the molecule is O=[N+]([O-])c1cc(S(=O)(=O)NCc2ccncc2)ccc1O. The average molecular weight is 309 g/mol. The maximum absolute atomic E-state index is 12.1. The van der Waals surface area contributed by atoms with Crippen LogP contribution in [-0.2, 0) is 16.6 Å². The van der Waals surface area contributed by atoms with E-state index in [0.717, 1.165) is 18.2 Å². The van der Waals surface area contributed by atoms with Gasteiger partial charge in [0.25, 0.3) is 0 Å². The van der Waals surface area contributed by atoms with Crippen molar-refractivity contribution in [3.8, 4) is 5.75 Å². The zero-order valence-electron chi connectivity index (χ0n) is 10.6. The molecule has 0 unspecified atom stereocenters. The third-order valence-corrected chi connectivity index (χ3v) is 4.07. The number of nitrogens with one attached hydrogen (secondary N) is 1. The second-order valence-corrected chi connectivity index (χ2v) is 5.85. The first-order valence-electron chi connectivity index (χ1n) is 5.76. The van der Waals surface area contributed by atoms with E-state index >= 15 is 0 Å². The van der Waals surface area contributed by atoms with E-state index in [0.29, 0.717) is 5.56 Å². The number of phenolic OH excluding ortho intramolecular Hbond substituents is 1. The molecule has 2 aromatic rings. The molecule has 0 atom stereocenters. The fraction of sp³-hybridized carbons (Fsp3) is 0.0833. The van der Waals surface area contributed by atoms with Crippen molar-refractivity contribution in [1.29, 1.82) is 0 Å². The second-order valence-electron chi connectivity index (χ2n) is 4.09. The fourth-order valence-electron chi connectivity index (χ4n) is 1.58. The van der Waals surface area contributed by atoms with Gasteiger partial charge >= 0.3 is 5.69 Å². The summed E-state index contributed by atoms with van der Waals surface area (Å²) in [6.45, 7) is 0.0273. The molecule has 21 heavy (non-hydrogen) atoms. The maximum atomic E-state index is 12.1. The Morgan fingerprint density at radius 1 is 1.24 bits per heavy atom. The van der Waals surface area contributed by atoms with Crippen LogP contribution in [0.1, 0.15) is 5.56 Å². The smallest absolute Gasteiger partial charge is 0.312 e. The highest BCUT2D eigenvalue weighted by Crippen LogP contribution is 2.28. The summed E-state index contributed by atoms with van der Waals surface area (Å²) in [4.78, 5) is 13.4. The predicted molar refractivity (Wildman–Crippen MR) is 73.0 cm³/mol. The minimum Gasteiger partial charge on any atom is -0.502 e. The molecule has 1 aromatic heterocycles. The quantitative estimate of drug-likeness (QED) is 0.631. The lowest BCUT2D eigenvalue weighted by molar-refractivity contribution is -0.386.